The van der Waals surface area contributed by atoms with E-state index in [4.69, 9.17) is 10.5 Å². The molecule has 0 aromatic rings. The highest BCUT2D eigenvalue weighted by Gasteiger charge is 2.46. The number of nitrogens with two attached hydrogens (primary N) is 1. The van der Waals surface area contributed by atoms with Gasteiger partial charge in [-0.2, -0.15) is 0 Å². The predicted molar refractivity (Wildman–Crippen MR) is 51.1 cm³/mol. The fraction of sp³-hybridized carbons (Fsp3) is 0.900. The molecule has 0 aromatic heterocycles. The molecule has 2 unspecified atom stereocenters. The second kappa shape index (κ2) is 3.66. The van der Waals surface area contributed by atoms with E-state index in [1.165, 1.54) is 0 Å². The average Bonchev–Trinajstić information content (AvgIpc) is 2.04. The Morgan fingerprint density at radius 1 is 1.62 bits per heavy atom. The van der Waals surface area contributed by atoms with Crippen molar-refractivity contribution in [2.24, 2.45) is 17.1 Å². The van der Waals surface area contributed by atoms with Crippen molar-refractivity contribution in [1.29, 1.82) is 0 Å². The van der Waals surface area contributed by atoms with Crippen LogP contribution in [-0.2, 0) is 9.53 Å². The van der Waals surface area contributed by atoms with Gasteiger partial charge in [-0.05, 0) is 24.7 Å². The highest BCUT2D eigenvalue weighted by atomic mass is 16.5. The molecule has 3 nitrogen and oxygen atoms in total. The summed E-state index contributed by atoms with van der Waals surface area (Å²) < 4.78 is 4.90. The summed E-state index contributed by atoms with van der Waals surface area (Å²) in [6.07, 6.45) is 1.47. The largest absolute Gasteiger partial charge is 0.466 e. The number of hydrogen-bond donors (Lipinski definition) is 1. The van der Waals surface area contributed by atoms with Crippen molar-refractivity contribution < 1.29 is 9.53 Å². The molecule has 0 amide bonds. The lowest BCUT2D eigenvalue weighted by Gasteiger charge is -2.50. The fourth-order valence-electron chi connectivity index (χ4n) is 1.82. The van der Waals surface area contributed by atoms with Crippen molar-refractivity contribution in [3.05, 3.63) is 0 Å². The zero-order valence-electron chi connectivity index (χ0n) is 8.67. The van der Waals surface area contributed by atoms with E-state index >= 15 is 0 Å². The van der Waals surface area contributed by atoms with Crippen LogP contribution in [0.2, 0.25) is 0 Å². The third-order valence-electron chi connectivity index (χ3n) is 3.26. The highest BCUT2D eigenvalue weighted by molar-refractivity contribution is 5.70. The molecule has 2 atom stereocenters. The van der Waals surface area contributed by atoms with Gasteiger partial charge in [0.15, 0.2) is 0 Å². The van der Waals surface area contributed by atoms with E-state index in [0.717, 1.165) is 6.42 Å². The van der Waals surface area contributed by atoms with E-state index in [1.54, 1.807) is 0 Å². The molecule has 76 valence electrons. The first-order valence-corrected chi connectivity index (χ1v) is 4.89. The molecule has 1 saturated carbocycles. The Morgan fingerprint density at radius 3 is 2.62 bits per heavy atom. The molecule has 0 bridgehead atoms. The van der Waals surface area contributed by atoms with Gasteiger partial charge in [0.1, 0.15) is 0 Å². The minimum atomic E-state index is -0.0903. The summed E-state index contributed by atoms with van der Waals surface area (Å²) in [7, 11) is 0. The number of esters is 1. The third kappa shape index (κ3) is 2.02. The van der Waals surface area contributed by atoms with E-state index in [1.807, 2.05) is 6.92 Å². The smallest absolute Gasteiger partial charge is 0.306 e. The molecular formula is C10H19NO2. The molecule has 13 heavy (non-hydrogen) atoms. The fourth-order valence-corrected chi connectivity index (χ4v) is 1.82. The van der Waals surface area contributed by atoms with Crippen molar-refractivity contribution in [3.8, 4) is 0 Å². The number of carbonyl (C=O) groups is 1. The maximum Gasteiger partial charge on any atom is 0.306 e. The van der Waals surface area contributed by atoms with Crippen molar-refractivity contribution in [3.63, 3.8) is 0 Å². The number of ether oxygens (including phenoxy) is 1. The summed E-state index contributed by atoms with van der Waals surface area (Å²) in [5.74, 6) is 0.314. The lowest BCUT2D eigenvalue weighted by atomic mass is 9.58. The third-order valence-corrected chi connectivity index (χ3v) is 3.26. The van der Waals surface area contributed by atoms with Crippen LogP contribution in [0.3, 0.4) is 0 Å². The first-order valence-electron chi connectivity index (χ1n) is 4.89. The van der Waals surface area contributed by atoms with Crippen LogP contribution in [0.5, 0.6) is 0 Å². The monoisotopic (exact) mass is 185 g/mol. The lowest BCUT2D eigenvalue weighted by molar-refractivity contribution is -0.147. The summed E-state index contributed by atoms with van der Waals surface area (Å²) >= 11 is 0. The highest BCUT2D eigenvalue weighted by Crippen LogP contribution is 2.46. The standard InChI is InChI=1S/C10H19NO2/c1-4-13-9(12)6-7-5-8(11)10(7,2)3/h7-8H,4-6,11H2,1-3H3. The molecule has 0 heterocycles. The van der Waals surface area contributed by atoms with Crippen LogP contribution in [0.4, 0.5) is 0 Å². The van der Waals surface area contributed by atoms with Crippen molar-refractivity contribution >= 4 is 5.97 Å². The average molecular weight is 185 g/mol. The van der Waals surface area contributed by atoms with Gasteiger partial charge in [0.25, 0.3) is 0 Å². The molecule has 0 radical (unpaired) electrons. The van der Waals surface area contributed by atoms with E-state index in [0.29, 0.717) is 18.9 Å². The molecular weight excluding hydrogens is 166 g/mol. The van der Waals surface area contributed by atoms with Crippen LogP contribution < -0.4 is 5.73 Å². The van der Waals surface area contributed by atoms with Crippen molar-refractivity contribution in [1.82, 2.24) is 0 Å². The van der Waals surface area contributed by atoms with Crippen LogP contribution in [0.15, 0.2) is 0 Å². The molecule has 0 aromatic carbocycles. The van der Waals surface area contributed by atoms with Gasteiger partial charge in [0.05, 0.1) is 6.61 Å². The molecule has 1 fully saturated rings. The normalized spacial score (nSPS) is 30.8. The number of hydrogen-bond acceptors (Lipinski definition) is 3. The van der Waals surface area contributed by atoms with Crippen molar-refractivity contribution in [2.75, 3.05) is 6.61 Å². The minimum Gasteiger partial charge on any atom is -0.466 e. The van der Waals surface area contributed by atoms with Crippen LogP contribution in [-0.4, -0.2) is 18.6 Å². The van der Waals surface area contributed by atoms with Gasteiger partial charge in [0.2, 0.25) is 0 Å². The predicted octanol–water partition coefficient (Wildman–Crippen LogP) is 1.31. The van der Waals surface area contributed by atoms with Gasteiger partial charge in [-0.25, -0.2) is 0 Å². The van der Waals surface area contributed by atoms with Gasteiger partial charge >= 0.3 is 5.97 Å². The Balaban J connectivity index is 2.36. The van der Waals surface area contributed by atoms with Gasteiger partial charge in [-0.15, -0.1) is 0 Å². The maximum absolute atomic E-state index is 11.2. The Labute approximate surface area is 79.6 Å². The molecule has 0 saturated heterocycles. The van der Waals surface area contributed by atoms with E-state index < -0.39 is 0 Å². The second-order valence-corrected chi connectivity index (χ2v) is 4.37. The maximum atomic E-state index is 11.2. The molecule has 1 aliphatic carbocycles. The summed E-state index contributed by atoms with van der Waals surface area (Å²) in [5, 5.41) is 0. The van der Waals surface area contributed by atoms with Gasteiger partial charge in [-0.1, -0.05) is 13.8 Å². The summed E-state index contributed by atoms with van der Waals surface area (Å²) in [6.45, 7) is 6.53. The van der Waals surface area contributed by atoms with Crippen LogP contribution in [0.1, 0.15) is 33.6 Å². The molecule has 2 N–H and O–H groups in total. The molecule has 0 spiro atoms. The Morgan fingerprint density at radius 2 is 2.23 bits per heavy atom. The Bertz CT molecular complexity index is 201. The first kappa shape index (κ1) is 10.5. The number of carbonyl (C=O) groups excluding carboxylic acids is 1. The summed E-state index contributed by atoms with van der Waals surface area (Å²) in [6, 6.07) is 0.243. The molecule has 1 rings (SSSR count). The topological polar surface area (TPSA) is 52.3 Å². The molecule has 0 aliphatic heterocycles. The van der Waals surface area contributed by atoms with E-state index in [2.05, 4.69) is 13.8 Å². The quantitative estimate of drug-likeness (QED) is 0.674. The zero-order valence-corrected chi connectivity index (χ0v) is 8.67. The molecule has 3 heteroatoms. The van der Waals surface area contributed by atoms with E-state index in [-0.39, 0.29) is 17.4 Å². The van der Waals surface area contributed by atoms with Crippen molar-refractivity contribution in [2.45, 2.75) is 39.7 Å². The first-order chi connectivity index (χ1) is 5.98. The van der Waals surface area contributed by atoms with Crippen LogP contribution >= 0.6 is 0 Å². The van der Waals surface area contributed by atoms with Gasteiger partial charge < -0.3 is 10.5 Å². The van der Waals surface area contributed by atoms with E-state index in [9.17, 15) is 4.79 Å². The summed E-state index contributed by atoms with van der Waals surface area (Å²) in [5.41, 5.74) is 5.95. The minimum absolute atomic E-state index is 0.0903. The molecule has 1 aliphatic rings. The number of rotatable bonds is 3. The second-order valence-electron chi connectivity index (χ2n) is 4.37. The Kier molecular flexibility index (Phi) is 2.96. The van der Waals surface area contributed by atoms with Crippen LogP contribution in [0, 0.1) is 11.3 Å². The Hall–Kier alpha value is -0.570. The van der Waals surface area contributed by atoms with Gasteiger partial charge in [-0.3, -0.25) is 4.79 Å². The SMILES string of the molecule is CCOC(=O)CC1CC(N)C1(C)C. The van der Waals surface area contributed by atoms with Gasteiger partial charge in [0, 0.05) is 12.5 Å². The zero-order chi connectivity index (χ0) is 10.1. The lowest BCUT2D eigenvalue weighted by Crippen LogP contribution is -2.54. The summed E-state index contributed by atoms with van der Waals surface area (Å²) in [4.78, 5) is 11.2. The van der Waals surface area contributed by atoms with Crippen LogP contribution in [0.25, 0.3) is 0 Å².